The summed E-state index contributed by atoms with van der Waals surface area (Å²) in [6, 6.07) is 7.06. The zero-order chi connectivity index (χ0) is 15.4. The lowest BCUT2D eigenvalue weighted by atomic mass is 10.2. The van der Waals surface area contributed by atoms with E-state index in [-0.39, 0.29) is 5.56 Å². The Morgan fingerprint density at radius 3 is 2.62 bits per heavy atom. The molecule has 0 spiro atoms. The van der Waals surface area contributed by atoms with Crippen molar-refractivity contribution in [3.05, 3.63) is 62.4 Å². The van der Waals surface area contributed by atoms with Crippen molar-refractivity contribution in [1.82, 2.24) is 9.55 Å². The molecule has 0 aliphatic rings. The monoisotopic (exact) mass is 305 g/mol. The number of aryl methyl sites for hydroxylation is 1. The largest absolute Gasteiger partial charge is 0.492 e. The maximum Gasteiger partial charge on any atom is 0.328 e. The van der Waals surface area contributed by atoms with E-state index in [9.17, 15) is 9.59 Å². The fourth-order valence-electron chi connectivity index (χ4n) is 1.76. The van der Waals surface area contributed by atoms with Crippen LogP contribution in [-0.4, -0.2) is 21.1 Å². The number of nitrogens with one attached hydrogen (secondary N) is 1. The highest BCUT2D eigenvalue weighted by Crippen LogP contribution is 2.12. The molecule has 0 saturated heterocycles. The van der Waals surface area contributed by atoms with E-state index >= 15 is 0 Å². The van der Waals surface area contributed by atoms with Crippen molar-refractivity contribution in [1.29, 1.82) is 0 Å². The second-order valence-electron chi connectivity index (χ2n) is 4.50. The molecule has 3 N–H and O–H groups in total. The number of benzene rings is 1. The van der Waals surface area contributed by atoms with Crippen molar-refractivity contribution >= 4 is 17.2 Å². The van der Waals surface area contributed by atoms with Crippen LogP contribution in [0.15, 0.2) is 40.1 Å². The van der Waals surface area contributed by atoms with E-state index in [1.807, 2.05) is 0 Å². The normalized spacial score (nSPS) is 10.3. The molecule has 0 atom stereocenters. The van der Waals surface area contributed by atoms with Crippen LogP contribution in [0.4, 0.5) is 0 Å². The maximum absolute atomic E-state index is 11.6. The minimum absolute atomic E-state index is 0.303. The Labute approximate surface area is 126 Å². The van der Waals surface area contributed by atoms with Gasteiger partial charge in [-0.2, -0.15) is 0 Å². The molecule has 21 heavy (non-hydrogen) atoms. The number of ether oxygens (including phenoxy) is 1. The van der Waals surface area contributed by atoms with E-state index in [4.69, 9.17) is 22.7 Å². The molecule has 0 unspecified atom stereocenters. The number of hydrogen-bond acceptors (Lipinski definition) is 4. The molecule has 7 heteroatoms. The Bertz CT molecular complexity index is 762. The van der Waals surface area contributed by atoms with Gasteiger partial charge < -0.3 is 10.5 Å². The molecule has 2 aromatic rings. The average molecular weight is 305 g/mol. The van der Waals surface area contributed by atoms with Crippen LogP contribution in [0.3, 0.4) is 0 Å². The van der Waals surface area contributed by atoms with E-state index in [0.29, 0.717) is 29.5 Å². The van der Waals surface area contributed by atoms with Crippen molar-refractivity contribution < 1.29 is 4.74 Å². The van der Waals surface area contributed by atoms with Crippen LogP contribution in [0.2, 0.25) is 0 Å². The van der Waals surface area contributed by atoms with E-state index in [0.717, 1.165) is 5.56 Å². The topological polar surface area (TPSA) is 90.1 Å². The number of nitrogens with two attached hydrogens (primary N) is 1. The van der Waals surface area contributed by atoms with Crippen molar-refractivity contribution in [2.75, 3.05) is 6.61 Å². The zero-order valence-electron chi connectivity index (χ0n) is 11.5. The standard InChI is InChI=1S/C14H15N3O3S/c1-9-8-17(14(19)16-13(9)18)6-7-20-11-4-2-10(3-5-11)12(15)21/h2-5,8H,6-7H2,1H3,(H2,15,21)(H,16,18,19). The summed E-state index contributed by atoms with van der Waals surface area (Å²) in [6.07, 6.45) is 1.51. The first-order valence-electron chi connectivity index (χ1n) is 6.30. The van der Waals surface area contributed by atoms with Gasteiger partial charge in [-0.3, -0.25) is 14.3 Å². The molecule has 2 rings (SSSR count). The van der Waals surface area contributed by atoms with Gasteiger partial charge in [0.1, 0.15) is 17.3 Å². The SMILES string of the molecule is Cc1cn(CCOc2ccc(C(N)=S)cc2)c(=O)[nH]c1=O. The van der Waals surface area contributed by atoms with Crippen molar-refractivity contribution in [2.24, 2.45) is 5.73 Å². The molecule has 0 aliphatic heterocycles. The Hall–Kier alpha value is -2.41. The molecule has 0 saturated carbocycles. The van der Waals surface area contributed by atoms with Crippen LogP contribution in [0.1, 0.15) is 11.1 Å². The molecule has 0 radical (unpaired) electrons. The quantitative estimate of drug-likeness (QED) is 0.788. The molecular formula is C14H15N3O3S. The minimum Gasteiger partial charge on any atom is -0.492 e. The van der Waals surface area contributed by atoms with Gasteiger partial charge in [-0.25, -0.2) is 4.79 Å². The van der Waals surface area contributed by atoms with Gasteiger partial charge in [-0.05, 0) is 31.2 Å². The predicted octanol–water partition coefficient (Wildman–Crippen LogP) is 0.558. The third-order valence-corrected chi connectivity index (χ3v) is 3.16. The Morgan fingerprint density at radius 1 is 1.33 bits per heavy atom. The van der Waals surface area contributed by atoms with Gasteiger partial charge in [0.15, 0.2) is 0 Å². The molecule has 0 amide bonds. The van der Waals surface area contributed by atoms with Crippen LogP contribution in [-0.2, 0) is 6.54 Å². The smallest absolute Gasteiger partial charge is 0.328 e. The van der Waals surface area contributed by atoms with Crippen LogP contribution in [0.25, 0.3) is 0 Å². The highest BCUT2D eigenvalue weighted by atomic mass is 32.1. The van der Waals surface area contributed by atoms with E-state index < -0.39 is 5.69 Å². The summed E-state index contributed by atoms with van der Waals surface area (Å²) >= 11 is 4.86. The number of hydrogen-bond donors (Lipinski definition) is 2. The van der Waals surface area contributed by atoms with E-state index in [1.54, 1.807) is 31.2 Å². The molecule has 0 aliphatic carbocycles. The predicted molar refractivity (Wildman–Crippen MR) is 83.9 cm³/mol. The molecule has 1 aromatic carbocycles. The maximum atomic E-state index is 11.6. The molecule has 0 bridgehead atoms. The number of thiocarbonyl (C=S) groups is 1. The van der Waals surface area contributed by atoms with Gasteiger partial charge in [-0.1, -0.05) is 12.2 Å². The number of aromatic amines is 1. The second kappa shape index (κ2) is 6.36. The molecule has 110 valence electrons. The lowest BCUT2D eigenvalue weighted by Gasteiger charge is -2.09. The summed E-state index contributed by atoms with van der Waals surface area (Å²) in [5.41, 5.74) is 5.94. The molecule has 1 heterocycles. The summed E-state index contributed by atoms with van der Waals surface area (Å²) in [6.45, 7) is 2.29. The minimum atomic E-state index is -0.446. The van der Waals surface area contributed by atoms with Crippen molar-refractivity contribution in [3.8, 4) is 5.75 Å². The first kappa shape index (κ1) is 15.0. The molecule has 0 fully saturated rings. The van der Waals surface area contributed by atoms with Crippen LogP contribution in [0, 0.1) is 6.92 Å². The van der Waals surface area contributed by atoms with Crippen LogP contribution < -0.4 is 21.7 Å². The molecular weight excluding hydrogens is 290 g/mol. The average Bonchev–Trinajstić information content (AvgIpc) is 2.45. The Kier molecular flexibility index (Phi) is 4.54. The Balaban J connectivity index is 1.98. The van der Waals surface area contributed by atoms with Gasteiger partial charge in [0.25, 0.3) is 5.56 Å². The first-order chi connectivity index (χ1) is 9.97. The summed E-state index contributed by atoms with van der Waals surface area (Å²) in [5.74, 6) is 0.657. The zero-order valence-corrected chi connectivity index (χ0v) is 12.3. The number of H-pyrrole nitrogens is 1. The van der Waals surface area contributed by atoms with Gasteiger partial charge in [0.05, 0.1) is 6.54 Å². The molecule has 6 nitrogen and oxygen atoms in total. The first-order valence-corrected chi connectivity index (χ1v) is 6.71. The van der Waals surface area contributed by atoms with Crippen molar-refractivity contribution in [2.45, 2.75) is 13.5 Å². The highest BCUT2D eigenvalue weighted by Gasteiger charge is 2.02. The fourth-order valence-corrected chi connectivity index (χ4v) is 1.90. The third-order valence-electron chi connectivity index (χ3n) is 2.93. The van der Waals surface area contributed by atoms with Crippen molar-refractivity contribution in [3.63, 3.8) is 0 Å². The van der Waals surface area contributed by atoms with Gasteiger partial charge >= 0.3 is 5.69 Å². The number of nitrogens with zero attached hydrogens (tertiary/aromatic N) is 1. The summed E-state index contributed by atoms with van der Waals surface area (Å²) < 4.78 is 6.94. The van der Waals surface area contributed by atoms with Gasteiger partial charge in [0.2, 0.25) is 0 Å². The summed E-state index contributed by atoms with van der Waals surface area (Å²) in [4.78, 5) is 25.4. The second-order valence-corrected chi connectivity index (χ2v) is 4.94. The van der Waals surface area contributed by atoms with Crippen LogP contribution >= 0.6 is 12.2 Å². The van der Waals surface area contributed by atoms with E-state index in [1.165, 1.54) is 10.8 Å². The summed E-state index contributed by atoms with van der Waals surface area (Å²) in [7, 11) is 0. The van der Waals surface area contributed by atoms with Gasteiger partial charge in [-0.15, -0.1) is 0 Å². The van der Waals surface area contributed by atoms with Gasteiger partial charge in [0, 0.05) is 17.3 Å². The number of aromatic nitrogens is 2. The van der Waals surface area contributed by atoms with E-state index in [2.05, 4.69) is 4.98 Å². The highest BCUT2D eigenvalue weighted by molar-refractivity contribution is 7.80. The van der Waals surface area contributed by atoms with Crippen LogP contribution in [0.5, 0.6) is 5.75 Å². The third kappa shape index (κ3) is 3.79. The lowest BCUT2D eigenvalue weighted by molar-refractivity contribution is 0.295. The summed E-state index contributed by atoms with van der Waals surface area (Å²) in [5, 5.41) is 0. The fraction of sp³-hybridized carbons (Fsp3) is 0.214. The Morgan fingerprint density at radius 2 is 2.00 bits per heavy atom. The molecule has 1 aromatic heterocycles. The lowest BCUT2D eigenvalue weighted by Crippen LogP contribution is -2.32. The number of rotatable bonds is 5.